The molecule has 1 rings (SSSR count). The lowest BCUT2D eigenvalue weighted by atomic mass is 10.1. The van der Waals surface area contributed by atoms with E-state index in [9.17, 15) is 9.90 Å². The van der Waals surface area contributed by atoms with Crippen molar-refractivity contribution >= 4 is 5.97 Å². The van der Waals surface area contributed by atoms with Crippen LogP contribution in [0.4, 0.5) is 0 Å². The molecule has 0 amide bonds. The van der Waals surface area contributed by atoms with Gasteiger partial charge in [0.25, 0.3) is 0 Å². The summed E-state index contributed by atoms with van der Waals surface area (Å²) in [5.41, 5.74) is 2.17. The van der Waals surface area contributed by atoms with Crippen LogP contribution in [-0.4, -0.2) is 37.9 Å². The first kappa shape index (κ1) is 15.5. The van der Waals surface area contributed by atoms with E-state index in [0.29, 0.717) is 13.1 Å². The van der Waals surface area contributed by atoms with Crippen LogP contribution in [0, 0.1) is 6.92 Å². The lowest BCUT2D eigenvalue weighted by Crippen LogP contribution is -2.28. The van der Waals surface area contributed by atoms with E-state index in [4.69, 9.17) is 4.74 Å². The summed E-state index contributed by atoms with van der Waals surface area (Å²) in [5, 5.41) is 12.7. The Balaban J connectivity index is 2.37. The number of nitrogens with one attached hydrogen (secondary N) is 1. The van der Waals surface area contributed by atoms with Crippen LogP contribution in [0.15, 0.2) is 18.2 Å². The largest absolute Gasteiger partial charge is 0.496 e. The average molecular weight is 267 g/mol. The predicted molar refractivity (Wildman–Crippen MR) is 72.1 cm³/mol. The van der Waals surface area contributed by atoms with Crippen LogP contribution in [0.3, 0.4) is 0 Å². The normalized spacial score (nSPS) is 12.0. The van der Waals surface area contributed by atoms with Crippen molar-refractivity contribution in [1.29, 1.82) is 0 Å². The molecule has 0 aromatic heterocycles. The number of benzene rings is 1. The van der Waals surface area contributed by atoms with E-state index in [1.165, 1.54) is 7.11 Å². The van der Waals surface area contributed by atoms with E-state index < -0.39 is 12.1 Å². The highest BCUT2D eigenvalue weighted by molar-refractivity contribution is 5.69. The third-order valence-electron chi connectivity index (χ3n) is 2.80. The summed E-state index contributed by atoms with van der Waals surface area (Å²) in [4.78, 5) is 10.9. The molecular weight excluding hydrogens is 246 g/mol. The molecule has 0 fully saturated rings. The average Bonchev–Trinajstić information content (AvgIpc) is 2.38. The Kier molecular flexibility index (Phi) is 6.32. The van der Waals surface area contributed by atoms with Gasteiger partial charge in [-0.05, 0) is 24.1 Å². The quantitative estimate of drug-likeness (QED) is 0.722. The van der Waals surface area contributed by atoms with Gasteiger partial charge in [-0.2, -0.15) is 0 Å². The maximum atomic E-state index is 10.9. The van der Waals surface area contributed by atoms with Crippen LogP contribution >= 0.6 is 0 Å². The van der Waals surface area contributed by atoms with Gasteiger partial charge < -0.3 is 19.9 Å². The van der Waals surface area contributed by atoms with Crippen molar-refractivity contribution in [2.24, 2.45) is 0 Å². The fourth-order valence-corrected chi connectivity index (χ4v) is 1.78. The Hall–Kier alpha value is -1.59. The molecule has 0 radical (unpaired) electrons. The van der Waals surface area contributed by atoms with Gasteiger partial charge in [-0.25, -0.2) is 0 Å². The van der Waals surface area contributed by atoms with E-state index in [2.05, 4.69) is 10.1 Å². The summed E-state index contributed by atoms with van der Waals surface area (Å²) >= 11 is 0. The SMILES string of the molecule is COC(=O)CC(O)CNCc1ccc(OC)c(C)c1. The summed E-state index contributed by atoms with van der Waals surface area (Å²) in [6.45, 7) is 2.96. The van der Waals surface area contributed by atoms with Gasteiger partial charge in [0.1, 0.15) is 5.75 Å². The molecule has 106 valence electrons. The molecule has 0 saturated carbocycles. The highest BCUT2D eigenvalue weighted by atomic mass is 16.5. The van der Waals surface area contributed by atoms with Crippen LogP contribution in [0.1, 0.15) is 17.5 Å². The van der Waals surface area contributed by atoms with Crippen molar-refractivity contribution < 1.29 is 19.4 Å². The monoisotopic (exact) mass is 267 g/mol. The first-order chi connectivity index (χ1) is 9.06. The van der Waals surface area contributed by atoms with Crippen LogP contribution in [0.25, 0.3) is 0 Å². The third-order valence-corrected chi connectivity index (χ3v) is 2.80. The van der Waals surface area contributed by atoms with Crippen molar-refractivity contribution in [3.05, 3.63) is 29.3 Å². The maximum Gasteiger partial charge on any atom is 0.308 e. The summed E-state index contributed by atoms with van der Waals surface area (Å²) in [6.07, 6.45) is -0.725. The number of carbonyl (C=O) groups is 1. The number of hydrogen-bond donors (Lipinski definition) is 2. The molecule has 0 bridgehead atoms. The molecule has 0 aliphatic carbocycles. The summed E-state index contributed by atoms with van der Waals surface area (Å²) in [7, 11) is 2.95. The molecule has 2 N–H and O–H groups in total. The Morgan fingerprint density at radius 2 is 2.16 bits per heavy atom. The first-order valence-electron chi connectivity index (χ1n) is 6.16. The van der Waals surface area contributed by atoms with Gasteiger partial charge in [0, 0.05) is 13.1 Å². The van der Waals surface area contributed by atoms with Gasteiger partial charge in [0.15, 0.2) is 0 Å². The van der Waals surface area contributed by atoms with E-state index >= 15 is 0 Å². The molecule has 0 saturated heterocycles. The number of ether oxygens (including phenoxy) is 2. The van der Waals surface area contributed by atoms with Crippen LogP contribution in [0.2, 0.25) is 0 Å². The van der Waals surface area contributed by atoms with E-state index in [-0.39, 0.29) is 6.42 Å². The molecule has 0 spiro atoms. The predicted octanol–water partition coefficient (Wildman–Crippen LogP) is 1.02. The second kappa shape index (κ2) is 7.76. The van der Waals surface area contributed by atoms with Crippen molar-refractivity contribution in [2.75, 3.05) is 20.8 Å². The van der Waals surface area contributed by atoms with E-state index in [1.54, 1.807) is 7.11 Å². The fraction of sp³-hybridized carbons (Fsp3) is 0.500. The number of hydrogen-bond acceptors (Lipinski definition) is 5. The number of methoxy groups -OCH3 is 2. The number of aryl methyl sites for hydroxylation is 1. The molecular formula is C14H21NO4. The van der Waals surface area contributed by atoms with Crippen LogP contribution in [-0.2, 0) is 16.1 Å². The Morgan fingerprint density at radius 3 is 2.74 bits per heavy atom. The minimum Gasteiger partial charge on any atom is -0.496 e. The third kappa shape index (κ3) is 5.28. The fourth-order valence-electron chi connectivity index (χ4n) is 1.78. The van der Waals surface area contributed by atoms with Gasteiger partial charge in [-0.15, -0.1) is 0 Å². The molecule has 5 heteroatoms. The van der Waals surface area contributed by atoms with Gasteiger partial charge in [-0.3, -0.25) is 4.79 Å². The minimum atomic E-state index is -0.730. The van der Waals surface area contributed by atoms with Crippen molar-refractivity contribution in [1.82, 2.24) is 5.32 Å². The number of rotatable bonds is 7. The van der Waals surface area contributed by atoms with Crippen LogP contribution in [0.5, 0.6) is 5.75 Å². The number of carbonyl (C=O) groups excluding carboxylic acids is 1. The lowest BCUT2D eigenvalue weighted by molar-refractivity contribution is -0.142. The number of esters is 1. The highest BCUT2D eigenvalue weighted by Gasteiger charge is 2.10. The molecule has 0 aliphatic heterocycles. The molecule has 19 heavy (non-hydrogen) atoms. The smallest absolute Gasteiger partial charge is 0.308 e. The topological polar surface area (TPSA) is 67.8 Å². The molecule has 1 aromatic rings. The second-order valence-electron chi connectivity index (χ2n) is 4.37. The Morgan fingerprint density at radius 1 is 1.42 bits per heavy atom. The molecule has 5 nitrogen and oxygen atoms in total. The zero-order chi connectivity index (χ0) is 14.3. The Bertz CT molecular complexity index is 420. The van der Waals surface area contributed by atoms with E-state index in [0.717, 1.165) is 16.9 Å². The molecule has 1 atom stereocenters. The number of aliphatic hydroxyl groups is 1. The Labute approximate surface area is 113 Å². The number of aliphatic hydroxyl groups excluding tert-OH is 1. The van der Waals surface area contributed by atoms with Crippen molar-refractivity contribution in [3.63, 3.8) is 0 Å². The molecule has 0 heterocycles. The lowest BCUT2D eigenvalue weighted by Gasteiger charge is -2.11. The van der Waals surface area contributed by atoms with Gasteiger partial charge >= 0.3 is 5.97 Å². The highest BCUT2D eigenvalue weighted by Crippen LogP contribution is 2.18. The summed E-state index contributed by atoms with van der Waals surface area (Å²) in [6, 6.07) is 5.90. The zero-order valence-corrected chi connectivity index (χ0v) is 11.6. The summed E-state index contributed by atoms with van der Waals surface area (Å²) in [5.74, 6) is 0.448. The second-order valence-corrected chi connectivity index (χ2v) is 4.37. The van der Waals surface area contributed by atoms with Crippen LogP contribution < -0.4 is 10.1 Å². The van der Waals surface area contributed by atoms with Crippen molar-refractivity contribution in [2.45, 2.75) is 26.0 Å². The molecule has 1 unspecified atom stereocenters. The van der Waals surface area contributed by atoms with Gasteiger partial charge in [0.2, 0.25) is 0 Å². The first-order valence-corrected chi connectivity index (χ1v) is 6.16. The minimum absolute atomic E-state index is 0.00510. The maximum absolute atomic E-state index is 10.9. The van der Waals surface area contributed by atoms with Gasteiger partial charge in [0.05, 0.1) is 26.7 Å². The molecule has 0 aliphatic rings. The summed E-state index contributed by atoms with van der Waals surface area (Å²) < 4.78 is 9.67. The zero-order valence-electron chi connectivity index (χ0n) is 11.6. The van der Waals surface area contributed by atoms with Crippen molar-refractivity contribution in [3.8, 4) is 5.75 Å². The standard InChI is InChI=1S/C14H21NO4/c1-10-6-11(4-5-13(10)18-2)8-15-9-12(16)7-14(17)19-3/h4-6,12,15-16H,7-9H2,1-3H3. The molecule has 1 aromatic carbocycles. The van der Waals surface area contributed by atoms with E-state index in [1.807, 2.05) is 25.1 Å². The van der Waals surface area contributed by atoms with Gasteiger partial charge in [-0.1, -0.05) is 12.1 Å².